The van der Waals surface area contributed by atoms with Gasteiger partial charge in [-0.3, -0.25) is 0 Å². The number of aromatic nitrogens is 4. The maximum absolute atomic E-state index is 4.12. The van der Waals surface area contributed by atoms with Crippen molar-refractivity contribution in [1.29, 1.82) is 0 Å². The molecule has 4 heteroatoms. The normalized spacial score (nSPS) is 10.8. The summed E-state index contributed by atoms with van der Waals surface area (Å²) in [7, 11) is 0. The zero-order valence-corrected chi connectivity index (χ0v) is 6.57. The van der Waals surface area contributed by atoms with Crippen LogP contribution in [0.25, 0.3) is 0 Å². The Balaban J connectivity index is 2.78. The predicted molar refractivity (Wildman–Crippen MR) is 37.6 cm³/mol. The number of nitrogens with zero attached hydrogens (tertiary/aromatic N) is 4. The summed E-state index contributed by atoms with van der Waals surface area (Å²) in [5.41, 5.74) is 0. The Labute approximate surface area is 60.2 Å². The molecule has 0 spiro atoms. The van der Waals surface area contributed by atoms with Crippen LogP contribution in [0.2, 0.25) is 0 Å². The van der Waals surface area contributed by atoms with Gasteiger partial charge in [0.05, 0.1) is 6.04 Å². The SMILES string of the molecule is CCc1nnn(C(C)C)n1. The summed E-state index contributed by atoms with van der Waals surface area (Å²) in [4.78, 5) is 1.62. The summed E-state index contributed by atoms with van der Waals surface area (Å²) in [6, 6.07) is 0.313. The van der Waals surface area contributed by atoms with Crippen LogP contribution in [0.4, 0.5) is 0 Å². The largest absolute Gasteiger partial charge is 0.174 e. The van der Waals surface area contributed by atoms with Gasteiger partial charge in [-0.05, 0) is 19.1 Å². The molecular formula is C6H12N4. The van der Waals surface area contributed by atoms with Crippen LogP contribution < -0.4 is 0 Å². The number of rotatable bonds is 2. The minimum Gasteiger partial charge on any atom is -0.162 e. The van der Waals surface area contributed by atoms with Crippen LogP contribution in [0.5, 0.6) is 0 Å². The molecule has 1 rings (SSSR count). The first-order valence-corrected chi connectivity index (χ1v) is 3.52. The maximum atomic E-state index is 4.12. The van der Waals surface area contributed by atoms with Gasteiger partial charge in [-0.2, -0.15) is 4.80 Å². The second kappa shape index (κ2) is 2.77. The fourth-order valence-electron chi connectivity index (χ4n) is 0.616. The molecule has 0 saturated heterocycles. The summed E-state index contributed by atoms with van der Waals surface area (Å²) in [5.74, 6) is 0.814. The molecule has 0 atom stereocenters. The van der Waals surface area contributed by atoms with E-state index in [9.17, 15) is 0 Å². The van der Waals surface area contributed by atoms with Gasteiger partial charge in [0.15, 0.2) is 5.82 Å². The van der Waals surface area contributed by atoms with Gasteiger partial charge in [-0.25, -0.2) is 0 Å². The van der Waals surface area contributed by atoms with E-state index >= 15 is 0 Å². The Kier molecular flexibility index (Phi) is 1.99. The van der Waals surface area contributed by atoms with Gasteiger partial charge in [0.2, 0.25) is 0 Å². The molecule has 1 aromatic rings. The number of hydrogen-bond donors (Lipinski definition) is 0. The maximum Gasteiger partial charge on any atom is 0.174 e. The van der Waals surface area contributed by atoms with Crippen molar-refractivity contribution in [3.8, 4) is 0 Å². The van der Waals surface area contributed by atoms with E-state index in [1.54, 1.807) is 4.80 Å². The molecule has 10 heavy (non-hydrogen) atoms. The van der Waals surface area contributed by atoms with Crippen molar-refractivity contribution in [3.63, 3.8) is 0 Å². The molecule has 0 saturated carbocycles. The van der Waals surface area contributed by atoms with Crippen LogP contribution in [0, 0.1) is 0 Å². The van der Waals surface area contributed by atoms with Gasteiger partial charge in [0, 0.05) is 6.42 Å². The van der Waals surface area contributed by atoms with Gasteiger partial charge < -0.3 is 0 Å². The predicted octanol–water partition coefficient (Wildman–Crippen LogP) is 0.816. The second-order valence-electron chi connectivity index (χ2n) is 2.47. The lowest BCUT2D eigenvalue weighted by molar-refractivity contribution is 0.453. The topological polar surface area (TPSA) is 43.6 Å². The molecule has 1 aromatic heterocycles. The lowest BCUT2D eigenvalue weighted by Gasteiger charge is -1.98. The highest BCUT2D eigenvalue weighted by atomic mass is 15.6. The monoisotopic (exact) mass is 140 g/mol. The first kappa shape index (κ1) is 7.18. The van der Waals surface area contributed by atoms with Crippen LogP contribution in [-0.2, 0) is 6.42 Å². The summed E-state index contributed by atoms with van der Waals surface area (Å²) in [6.07, 6.45) is 0.854. The third kappa shape index (κ3) is 1.32. The van der Waals surface area contributed by atoms with Crippen LogP contribution in [0.15, 0.2) is 0 Å². The Hall–Kier alpha value is -0.930. The average molecular weight is 140 g/mol. The molecule has 56 valence electrons. The minimum absolute atomic E-state index is 0.313. The van der Waals surface area contributed by atoms with Crippen molar-refractivity contribution in [2.45, 2.75) is 33.2 Å². The summed E-state index contributed by atoms with van der Waals surface area (Å²) >= 11 is 0. The summed E-state index contributed by atoms with van der Waals surface area (Å²) in [5, 5.41) is 11.8. The van der Waals surface area contributed by atoms with E-state index < -0.39 is 0 Å². The standard InChI is InChI=1S/C6H12N4/c1-4-6-7-9-10(8-6)5(2)3/h5H,4H2,1-3H3. The Morgan fingerprint density at radius 1 is 1.50 bits per heavy atom. The van der Waals surface area contributed by atoms with E-state index in [1.807, 2.05) is 20.8 Å². The van der Waals surface area contributed by atoms with E-state index in [0.29, 0.717) is 6.04 Å². The van der Waals surface area contributed by atoms with Crippen molar-refractivity contribution in [2.75, 3.05) is 0 Å². The van der Waals surface area contributed by atoms with E-state index in [2.05, 4.69) is 15.4 Å². The molecule has 0 radical (unpaired) electrons. The Morgan fingerprint density at radius 3 is 2.50 bits per heavy atom. The van der Waals surface area contributed by atoms with E-state index in [4.69, 9.17) is 0 Å². The Morgan fingerprint density at radius 2 is 2.20 bits per heavy atom. The van der Waals surface area contributed by atoms with Gasteiger partial charge in [-0.1, -0.05) is 6.92 Å². The van der Waals surface area contributed by atoms with Gasteiger partial charge >= 0.3 is 0 Å². The van der Waals surface area contributed by atoms with Crippen LogP contribution in [-0.4, -0.2) is 20.2 Å². The molecule has 0 aromatic carbocycles. The smallest absolute Gasteiger partial charge is 0.162 e. The molecule has 0 bridgehead atoms. The van der Waals surface area contributed by atoms with Crippen molar-refractivity contribution in [3.05, 3.63) is 5.82 Å². The van der Waals surface area contributed by atoms with Crippen molar-refractivity contribution < 1.29 is 0 Å². The minimum atomic E-state index is 0.313. The molecule has 4 nitrogen and oxygen atoms in total. The first-order chi connectivity index (χ1) is 4.74. The molecule has 0 aliphatic carbocycles. The van der Waals surface area contributed by atoms with Crippen molar-refractivity contribution >= 4 is 0 Å². The number of aryl methyl sites for hydroxylation is 1. The summed E-state index contributed by atoms with van der Waals surface area (Å²) in [6.45, 7) is 6.07. The highest BCUT2D eigenvalue weighted by molar-refractivity contribution is 4.74. The highest BCUT2D eigenvalue weighted by Gasteiger charge is 2.01. The quantitative estimate of drug-likeness (QED) is 0.610. The zero-order valence-electron chi connectivity index (χ0n) is 6.57. The average Bonchev–Trinajstić information content (AvgIpc) is 2.34. The van der Waals surface area contributed by atoms with Crippen molar-refractivity contribution in [2.24, 2.45) is 0 Å². The molecular weight excluding hydrogens is 128 g/mol. The molecule has 0 N–H and O–H groups in total. The second-order valence-corrected chi connectivity index (χ2v) is 2.47. The molecule has 0 fully saturated rings. The lowest BCUT2D eigenvalue weighted by Crippen LogP contribution is -2.04. The van der Waals surface area contributed by atoms with Gasteiger partial charge in [-0.15, -0.1) is 10.2 Å². The third-order valence-corrected chi connectivity index (χ3v) is 1.25. The first-order valence-electron chi connectivity index (χ1n) is 3.52. The summed E-state index contributed by atoms with van der Waals surface area (Å²) < 4.78 is 0. The number of tetrazole rings is 1. The zero-order chi connectivity index (χ0) is 7.56. The van der Waals surface area contributed by atoms with Gasteiger partial charge in [0.25, 0.3) is 0 Å². The highest BCUT2D eigenvalue weighted by Crippen LogP contribution is 1.97. The lowest BCUT2D eigenvalue weighted by atomic mass is 10.4. The third-order valence-electron chi connectivity index (χ3n) is 1.25. The van der Waals surface area contributed by atoms with Crippen molar-refractivity contribution in [1.82, 2.24) is 20.2 Å². The van der Waals surface area contributed by atoms with Gasteiger partial charge in [0.1, 0.15) is 0 Å². The fraction of sp³-hybridized carbons (Fsp3) is 0.833. The fourth-order valence-corrected chi connectivity index (χ4v) is 0.616. The Bertz CT molecular complexity index is 203. The molecule has 0 aliphatic rings. The number of hydrogen-bond acceptors (Lipinski definition) is 3. The molecule has 0 unspecified atom stereocenters. The molecule has 1 heterocycles. The molecule has 0 amide bonds. The van der Waals surface area contributed by atoms with E-state index in [0.717, 1.165) is 12.2 Å². The van der Waals surface area contributed by atoms with Crippen LogP contribution in [0.3, 0.4) is 0 Å². The van der Waals surface area contributed by atoms with Crippen LogP contribution in [0.1, 0.15) is 32.6 Å². The van der Waals surface area contributed by atoms with Crippen LogP contribution >= 0.6 is 0 Å². The molecule has 0 aliphatic heterocycles. The van der Waals surface area contributed by atoms with E-state index in [1.165, 1.54) is 0 Å². The van der Waals surface area contributed by atoms with E-state index in [-0.39, 0.29) is 0 Å².